The van der Waals surface area contributed by atoms with E-state index in [9.17, 15) is 8.78 Å². The average molecular weight is 312 g/mol. The number of oxazole rings is 1. The van der Waals surface area contributed by atoms with Crippen molar-refractivity contribution in [3.05, 3.63) is 58.6 Å². The zero-order chi connectivity index (χ0) is 14.1. The van der Waals surface area contributed by atoms with E-state index in [-0.39, 0.29) is 5.58 Å². The Labute approximate surface area is 122 Å². The van der Waals surface area contributed by atoms with Crippen molar-refractivity contribution in [3.63, 3.8) is 0 Å². The smallest absolute Gasteiger partial charge is 0.257 e. The van der Waals surface area contributed by atoms with Crippen LogP contribution in [0.1, 0.15) is 5.56 Å². The van der Waals surface area contributed by atoms with Gasteiger partial charge in [0.2, 0.25) is 5.82 Å². The Hall–Kier alpha value is -1.59. The highest BCUT2D eigenvalue weighted by Crippen LogP contribution is 2.28. The zero-order valence-corrected chi connectivity index (χ0v) is 11.6. The number of thioether (sulfide) groups is 1. The van der Waals surface area contributed by atoms with E-state index >= 15 is 0 Å². The van der Waals surface area contributed by atoms with Gasteiger partial charge in [0.05, 0.1) is 0 Å². The van der Waals surface area contributed by atoms with Crippen LogP contribution in [0.4, 0.5) is 8.78 Å². The first-order chi connectivity index (χ1) is 9.63. The SMILES string of the molecule is Fc1ccc2nc(SCc3ccc(Cl)cc3)oc2c1F. The molecule has 0 spiro atoms. The summed E-state index contributed by atoms with van der Waals surface area (Å²) in [6.07, 6.45) is 0. The molecule has 2 nitrogen and oxygen atoms in total. The summed E-state index contributed by atoms with van der Waals surface area (Å²) >= 11 is 7.11. The van der Waals surface area contributed by atoms with Crippen molar-refractivity contribution >= 4 is 34.5 Å². The van der Waals surface area contributed by atoms with Gasteiger partial charge in [0.1, 0.15) is 5.52 Å². The molecule has 6 heteroatoms. The summed E-state index contributed by atoms with van der Waals surface area (Å²) in [6.45, 7) is 0. The fourth-order valence-electron chi connectivity index (χ4n) is 1.70. The van der Waals surface area contributed by atoms with Gasteiger partial charge in [-0.25, -0.2) is 9.37 Å². The lowest BCUT2D eigenvalue weighted by atomic mass is 10.2. The Morgan fingerprint density at radius 3 is 2.60 bits per heavy atom. The van der Waals surface area contributed by atoms with Crippen LogP contribution >= 0.6 is 23.4 Å². The molecule has 0 saturated heterocycles. The van der Waals surface area contributed by atoms with Crippen molar-refractivity contribution in [1.29, 1.82) is 0 Å². The molecule has 0 amide bonds. The normalized spacial score (nSPS) is 11.2. The van der Waals surface area contributed by atoms with E-state index in [0.29, 0.717) is 21.5 Å². The number of aromatic nitrogens is 1. The van der Waals surface area contributed by atoms with E-state index in [1.165, 1.54) is 17.8 Å². The van der Waals surface area contributed by atoms with E-state index in [4.69, 9.17) is 16.0 Å². The van der Waals surface area contributed by atoms with E-state index in [1.807, 2.05) is 12.1 Å². The van der Waals surface area contributed by atoms with E-state index in [1.54, 1.807) is 12.1 Å². The summed E-state index contributed by atoms with van der Waals surface area (Å²) in [5.74, 6) is -1.34. The minimum atomic E-state index is -1.01. The summed E-state index contributed by atoms with van der Waals surface area (Å²) in [4.78, 5) is 4.11. The van der Waals surface area contributed by atoms with Gasteiger partial charge in [-0.1, -0.05) is 35.5 Å². The second-order valence-corrected chi connectivity index (χ2v) is 5.47. The number of hydrogen-bond donors (Lipinski definition) is 0. The van der Waals surface area contributed by atoms with Crippen LogP contribution in [0.5, 0.6) is 0 Å². The van der Waals surface area contributed by atoms with Crippen LogP contribution in [0.2, 0.25) is 5.02 Å². The summed E-state index contributed by atoms with van der Waals surface area (Å²) < 4.78 is 31.8. The highest BCUT2D eigenvalue weighted by atomic mass is 35.5. The molecular formula is C14H8ClF2NOS. The van der Waals surface area contributed by atoms with Crippen LogP contribution in [0.25, 0.3) is 11.1 Å². The maximum Gasteiger partial charge on any atom is 0.257 e. The van der Waals surface area contributed by atoms with Gasteiger partial charge in [-0.3, -0.25) is 0 Å². The lowest BCUT2D eigenvalue weighted by Gasteiger charge is -1.98. The molecule has 0 aliphatic heterocycles. The fourth-order valence-corrected chi connectivity index (χ4v) is 2.62. The molecule has 102 valence electrons. The predicted octanol–water partition coefficient (Wildman–Crippen LogP) is 5.05. The zero-order valence-electron chi connectivity index (χ0n) is 10.1. The van der Waals surface area contributed by atoms with Crippen molar-refractivity contribution in [2.75, 3.05) is 0 Å². The van der Waals surface area contributed by atoms with Gasteiger partial charge in [-0.2, -0.15) is 4.39 Å². The van der Waals surface area contributed by atoms with Crippen molar-refractivity contribution in [2.45, 2.75) is 11.0 Å². The molecule has 0 N–H and O–H groups in total. The molecule has 1 heterocycles. The quantitative estimate of drug-likeness (QED) is 0.633. The third-order valence-corrected chi connectivity index (χ3v) is 3.86. The van der Waals surface area contributed by atoms with E-state index < -0.39 is 11.6 Å². The van der Waals surface area contributed by atoms with Crippen molar-refractivity contribution in [1.82, 2.24) is 4.98 Å². The maximum absolute atomic E-state index is 13.5. The van der Waals surface area contributed by atoms with Crippen LogP contribution in [0.3, 0.4) is 0 Å². The van der Waals surface area contributed by atoms with Crippen molar-refractivity contribution < 1.29 is 13.2 Å². The first-order valence-electron chi connectivity index (χ1n) is 5.75. The molecule has 0 radical (unpaired) electrons. The second kappa shape index (κ2) is 5.42. The summed E-state index contributed by atoms with van der Waals surface area (Å²) in [7, 11) is 0. The number of benzene rings is 2. The molecule has 0 saturated carbocycles. The van der Waals surface area contributed by atoms with Crippen LogP contribution in [-0.2, 0) is 5.75 Å². The molecule has 0 aliphatic rings. The van der Waals surface area contributed by atoms with Gasteiger partial charge in [0, 0.05) is 10.8 Å². The molecule has 0 bridgehead atoms. The lowest BCUT2D eigenvalue weighted by Crippen LogP contribution is -1.82. The van der Waals surface area contributed by atoms with E-state index in [2.05, 4.69) is 4.98 Å². The topological polar surface area (TPSA) is 26.0 Å². The first-order valence-corrected chi connectivity index (χ1v) is 7.11. The minimum absolute atomic E-state index is 0.149. The Bertz CT molecular complexity index is 758. The monoisotopic (exact) mass is 311 g/mol. The third kappa shape index (κ3) is 2.64. The van der Waals surface area contributed by atoms with Crippen molar-refractivity contribution in [2.24, 2.45) is 0 Å². The Balaban J connectivity index is 1.81. The fraction of sp³-hybridized carbons (Fsp3) is 0.0714. The van der Waals surface area contributed by atoms with Gasteiger partial charge in [0.25, 0.3) is 5.22 Å². The number of hydrogen-bond acceptors (Lipinski definition) is 3. The van der Waals surface area contributed by atoms with Crippen LogP contribution < -0.4 is 0 Å². The summed E-state index contributed by atoms with van der Waals surface area (Å²) in [5.41, 5.74) is 1.19. The standard InChI is InChI=1S/C14H8ClF2NOS/c15-9-3-1-8(2-4-9)7-20-14-18-11-6-5-10(16)12(17)13(11)19-14/h1-6H,7H2. The number of nitrogens with zero attached hydrogens (tertiary/aromatic N) is 1. The molecule has 20 heavy (non-hydrogen) atoms. The highest BCUT2D eigenvalue weighted by Gasteiger charge is 2.14. The molecule has 0 aliphatic carbocycles. The Kier molecular flexibility index (Phi) is 3.63. The highest BCUT2D eigenvalue weighted by molar-refractivity contribution is 7.98. The van der Waals surface area contributed by atoms with Gasteiger partial charge < -0.3 is 4.42 Å². The first kappa shape index (κ1) is 13.4. The molecule has 0 atom stereocenters. The molecular weight excluding hydrogens is 304 g/mol. The predicted molar refractivity (Wildman–Crippen MR) is 74.9 cm³/mol. The van der Waals surface area contributed by atoms with E-state index in [0.717, 1.165) is 11.6 Å². The lowest BCUT2D eigenvalue weighted by molar-refractivity contribution is 0.451. The van der Waals surface area contributed by atoms with Crippen LogP contribution in [0, 0.1) is 11.6 Å². The molecule has 3 rings (SSSR count). The molecule has 3 aromatic rings. The Morgan fingerprint density at radius 1 is 1.10 bits per heavy atom. The van der Waals surface area contributed by atoms with Crippen LogP contribution in [-0.4, -0.2) is 4.98 Å². The number of rotatable bonds is 3. The summed E-state index contributed by atoms with van der Waals surface area (Å²) in [6, 6.07) is 9.78. The molecule has 0 fully saturated rings. The number of fused-ring (bicyclic) bond motifs is 1. The largest absolute Gasteiger partial charge is 0.428 e. The molecule has 2 aromatic carbocycles. The third-order valence-electron chi connectivity index (χ3n) is 2.71. The number of halogens is 3. The van der Waals surface area contributed by atoms with Crippen molar-refractivity contribution in [3.8, 4) is 0 Å². The average Bonchev–Trinajstić information content (AvgIpc) is 2.86. The molecule has 1 aromatic heterocycles. The van der Waals surface area contributed by atoms with Gasteiger partial charge in [-0.05, 0) is 29.8 Å². The van der Waals surface area contributed by atoms with Gasteiger partial charge in [-0.15, -0.1) is 0 Å². The van der Waals surface area contributed by atoms with Gasteiger partial charge in [0.15, 0.2) is 11.4 Å². The Morgan fingerprint density at radius 2 is 1.85 bits per heavy atom. The van der Waals surface area contributed by atoms with Crippen LogP contribution in [0.15, 0.2) is 46.0 Å². The summed E-state index contributed by atoms with van der Waals surface area (Å²) in [5, 5.41) is 0.970. The maximum atomic E-state index is 13.5. The minimum Gasteiger partial charge on any atom is -0.428 e. The second-order valence-electron chi connectivity index (χ2n) is 4.10. The van der Waals surface area contributed by atoms with Gasteiger partial charge >= 0.3 is 0 Å². The molecule has 0 unspecified atom stereocenters.